The number of nitrogens with zero attached hydrogens (tertiary/aromatic N) is 1. The number of pyridine rings is 1. The van der Waals surface area contributed by atoms with Gasteiger partial charge in [0.25, 0.3) is 5.56 Å². The van der Waals surface area contributed by atoms with Gasteiger partial charge in [-0.15, -0.1) is 0 Å². The fourth-order valence-corrected chi connectivity index (χ4v) is 5.60. The maximum atomic E-state index is 14.0. The molecule has 0 saturated heterocycles. The van der Waals surface area contributed by atoms with Crippen LogP contribution in [0.25, 0.3) is 11.1 Å². The Bertz CT molecular complexity index is 1540. The van der Waals surface area contributed by atoms with E-state index in [0.29, 0.717) is 64.5 Å². The molecule has 1 aliphatic carbocycles. The highest BCUT2D eigenvalue weighted by atomic mass is 19.1. The topological polar surface area (TPSA) is 99.0 Å². The molecule has 4 rings (SSSR count). The Labute approximate surface area is 259 Å². The Kier molecular flexibility index (Phi) is 9.90. The van der Waals surface area contributed by atoms with Crippen molar-refractivity contribution in [2.45, 2.75) is 85.0 Å². The lowest BCUT2D eigenvalue weighted by atomic mass is 9.89. The Balaban J connectivity index is 1.66. The summed E-state index contributed by atoms with van der Waals surface area (Å²) in [6.45, 7) is 11.0. The van der Waals surface area contributed by atoms with Crippen molar-refractivity contribution in [3.63, 3.8) is 0 Å². The van der Waals surface area contributed by atoms with E-state index in [0.717, 1.165) is 12.8 Å². The maximum absolute atomic E-state index is 14.0. The number of carbonyl (C=O) groups is 1. The number of ether oxygens (including phenoxy) is 3. The molecule has 9 heteroatoms. The lowest BCUT2D eigenvalue weighted by Crippen LogP contribution is -2.46. The molecule has 1 fully saturated rings. The first-order valence-corrected chi connectivity index (χ1v) is 15.1. The molecule has 3 aromatic rings. The van der Waals surface area contributed by atoms with Gasteiger partial charge in [-0.25, -0.2) is 4.39 Å². The number of aryl methyl sites for hydroxylation is 3. The Hall–Kier alpha value is -3.69. The third-order valence-electron chi connectivity index (χ3n) is 8.23. The number of carbonyl (C=O) groups excluding carboxylic acids is 1. The molecule has 1 saturated carbocycles. The smallest absolute Gasteiger partial charge is 0.254 e. The summed E-state index contributed by atoms with van der Waals surface area (Å²) >= 11 is 0. The summed E-state index contributed by atoms with van der Waals surface area (Å²) in [5.41, 5.74) is 1.21. The van der Waals surface area contributed by atoms with Crippen molar-refractivity contribution < 1.29 is 28.5 Å². The normalized spacial score (nSPS) is 17.3. The molecule has 0 radical (unpaired) electrons. The van der Waals surface area contributed by atoms with E-state index in [1.54, 1.807) is 60.2 Å². The molecule has 1 aliphatic rings. The largest absolute Gasteiger partial charge is 0.490 e. The predicted octanol–water partition coefficient (Wildman–Crippen LogP) is 6.31. The van der Waals surface area contributed by atoms with Crippen LogP contribution in [-0.2, 0) is 22.2 Å². The van der Waals surface area contributed by atoms with Crippen LogP contribution in [0.3, 0.4) is 0 Å². The molecule has 238 valence electrons. The van der Waals surface area contributed by atoms with Gasteiger partial charge < -0.3 is 29.2 Å². The molecule has 0 atom stereocenters. The minimum Gasteiger partial charge on any atom is -0.490 e. The number of hydrogen-bond donors (Lipinski definition) is 2. The monoisotopic (exact) mass is 608 g/mol. The molecule has 2 aromatic carbocycles. The van der Waals surface area contributed by atoms with Crippen molar-refractivity contribution in [1.82, 2.24) is 9.88 Å². The summed E-state index contributed by atoms with van der Waals surface area (Å²) in [5.74, 6) is 1.04. The minimum absolute atomic E-state index is 0.0345. The minimum atomic E-state index is -1.14. The van der Waals surface area contributed by atoms with E-state index in [9.17, 15) is 19.1 Å². The number of aromatic nitrogens is 1. The Morgan fingerprint density at radius 3 is 2.23 bits per heavy atom. The first-order valence-electron chi connectivity index (χ1n) is 15.1. The first-order chi connectivity index (χ1) is 20.6. The van der Waals surface area contributed by atoms with Gasteiger partial charge in [-0.05, 0) is 108 Å². The van der Waals surface area contributed by atoms with Crippen LogP contribution in [0.15, 0.2) is 47.4 Å². The number of methoxy groups -OCH3 is 1. The highest BCUT2D eigenvalue weighted by Gasteiger charge is 2.32. The SMILES string of the molecule is COCC(C)(C)C(=O)NC1CCC(Oc2cc(=O)n(C)cc2-c2cc(C(C)(C)O)ccc2Oc2c(C)cc(F)cc2C)CC1. The molecule has 8 nitrogen and oxygen atoms in total. The van der Waals surface area contributed by atoms with E-state index < -0.39 is 11.0 Å². The summed E-state index contributed by atoms with van der Waals surface area (Å²) in [6.07, 6.45) is 4.43. The number of nitrogens with one attached hydrogen (secondary N) is 1. The number of amides is 1. The standard InChI is InChI=1S/C35H45FN2O6/c1-21-15-24(36)16-22(2)32(21)44-29-14-9-23(35(5,6)41)17-27(29)28-19-38(7)31(39)18-30(28)43-26-12-10-25(11-13-26)37-33(40)34(3,4)20-42-8/h9,14-19,25-26,41H,10-13,20H2,1-8H3,(H,37,40). The van der Waals surface area contributed by atoms with E-state index in [1.165, 1.54) is 22.8 Å². The van der Waals surface area contributed by atoms with Gasteiger partial charge in [-0.1, -0.05) is 6.07 Å². The average Bonchev–Trinajstić information content (AvgIpc) is 2.93. The lowest BCUT2D eigenvalue weighted by molar-refractivity contribution is -0.133. The van der Waals surface area contributed by atoms with Crippen molar-refractivity contribution >= 4 is 5.91 Å². The van der Waals surface area contributed by atoms with Crippen LogP contribution in [0.1, 0.15) is 70.1 Å². The van der Waals surface area contributed by atoms with E-state index in [1.807, 2.05) is 19.9 Å². The van der Waals surface area contributed by atoms with E-state index in [-0.39, 0.29) is 29.4 Å². The van der Waals surface area contributed by atoms with Gasteiger partial charge in [0.15, 0.2) is 0 Å². The first kappa shape index (κ1) is 33.2. The quantitative estimate of drug-likeness (QED) is 0.280. The summed E-state index contributed by atoms with van der Waals surface area (Å²) in [4.78, 5) is 25.6. The highest BCUT2D eigenvalue weighted by molar-refractivity contribution is 5.82. The second-order valence-corrected chi connectivity index (χ2v) is 13.1. The zero-order valence-corrected chi connectivity index (χ0v) is 27.0. The molecule has 0 bridgehead atoms. The average molecular weight is 609 g/mol. The summed E-state index contributed by atoms with van der Waals surface area (Å²) in [6, 6.07) is 9.76. The second kappa shape index (κ2) is 13.1. The maximum Gasteiger partial charge on any atom is 0.254 e. The number of rotatable bonds is 10. The number of benzene rings is 2. The zero-order valence-electron chi connectivity index (χ0n) is 27.0. The summed E-state index contributed by atoms with van der Waals surface area (Å²) < 4.78 is 33.7. The van der Waals surface area contributed by atoms with Crippen LogP contribution in [0, 0.1) is 25.1 Å². The van der Waals surface area contributed by atoms with Gasteiger partial charge in [-0.3, -0.25) is 9.59 Å². The molecular weight excluding hydrogens is 563 g/mol. The molecule has 0 aliphatic heterocycles. The lowest BCUT2D eigenvalue weighted by Gasteiger charge is -2.32. The molecule has 1 aromatic heterocycles. The van der Waals surface area contributed by atoms with E-state index >= 15 is 0 Å². The number of halogens is 1. The van der Waals surface area contributed by atoms with Crippen LogP contribution < -0.4 is 20.3 Å². The van der Waals surface area contributed by atoms with E-state index in [4.69, 9.17) is 14.2 Å². The third kappa shape index (κ3) is 7.68. The molecule has 0 unspecified atom stereocenters. The molecular formula is C35H45FN2O6. The summed E-state index contributed by atoms with van der Waals surface area (Å²) in [5, 5.41) is 14.0. The highest BCUT2D eigenvalue weighted by Crippen LogP contribution is 2.42. The second-order valence-electron chi connectivity index (χ2n) is 13.1. The van der Waals surface area contributed by atoms with Gasteiger partial charge in [-0.2, -0.15) is 0 Å². The molecule has 44 heavy (non-hydrogen) atoms. The third-order valence-corrected chi connectivity index (χ3v) is 8.23. The van der Waals surface area contributed by atoms with Gasteiger partial charge in [0, 0.05) is 43.6 Å². The van der Waals surface area contributed by atoms with Crippen LogP contribution in [0.5, 0.6) is 17.2 Å². The van der Waals surface area contributed by atoms with Crippen molar-refractivity contribution in [1.29, 1.82) is 0 Å². The molecule has 2 N–H and O–H groups in total. The van der Waals surface area contributed by atoms with Gasteiger partial charge in [0.05, 0.1) is 23.7 Å². The number of aliphatic hydroxyl groups is 1. The molecule has 0 spiro atoms. The zero-order chi connectivity index (χ0) is 32.4. The van der Waals surface area contributed by atoms with Crippen molar-refractivity contribution in [3.8, 4) is 28.4 Å². The van der Waals surface area contributed by atoms with E-state index in [2.05, 4.69) is 5.32 Å². The Morgan fingerprint density at radius 1 is 1.00 bits per heavy atom. The Morgan fingerprint density at radius 2 is 1.64 bits per heavy atom. The van der Waals surface area contributed by atoms with Gasteiger partial charge in [0.1, 0.15) is 23.1 Å². The van der Waals surface area contributed by atoms with Gasteiger partial charge >= 0.3 is 0 Å². The van der Waals surface area contributed by atoms with Crippen LogP contribution >= 0.6 is 0 Å². The van der Waals surface area contributed by atoms with Crippen molar-refractivity contribution in [2.75, 3.05) is 13.7 Å². The van der Waals surface area contributed by atoms with Crippen molar-refractivity contribution in [2.24, 2.45) is 12.5 Å². The fourth-order valence-electron chi connectivity index (χ4n) is 5.60. The van der Waals surface area contributed by atoms with Gasteiger partial charge in [0.2, 0.25) is 5.91 Å². The van der Waals surface area contributed by atoms with Crippen LogP contribution in [-0.4, -0.2) is 41.4 Å². The summed E-state index contributed by atoms with van der Waals surface area (Å²) in [7, 11) is 3.26. The predicted molar refractivity (Wildman–Crippen MR) is 169 cm³/mol. The molecule has 1 heterocycles. The van der Waals surface area contributed by atoms with Crippen molar-refractivity contribution in [3.05, 3.63) is 75.5 Å². The fraction of sp³-hybridized carbons (Fsp3) is 0.486. The number of hydrogen-bond acceptors (Lipinski definition) is 6. The van der Waals surface area contributed by atoms with Crippen LogP contribution in [0.2, 0.25) is 0 Å². The molecule has 1 amide bonds. The van der Waals surface area contributed by atoms with Crippen LogP contribution in [0.4, 0.5) is 4.39 Å².